The number of nitrogens with zero attached hydrogens (tertiary/aromatic N) is 2. The van der Waals surface area contributed by atoms with Gasteiger partial charge < -0.3 is 10.0 Å². The summed E-state index contributed by atoms with van der Waals surface area (Å²) in [4.78, 5) is 28.3. The number of rotatable bonds is 4. The highest BCUT2D eigenvalue weighted by Crippen LogP contribution is 2.39. The number of carbonyl (C=O) groups excluding carboxylic acids is 1. The number of pyridine rings is 1. The highest BCUT2D eigenvalue weighted by Gasteiger charge is 2.40. The summed E-state index contributed by atoms with van der Waals surface area (Å²) in [5, 5.41) is 7.87. The predicted molar refractivity (Wildman–Crippen MR) is 123 cm³/mol. The molecule has 1 aromatic carbocycles. The maximum absolute atomic E-state index is 13.1. The Kier molecular flexibility index (Phi) is 8.57. The Morgan fingerprint density at radius 2 is 1.82 bits per heavy atom. The third kappa shape index (κ3) is 6.29. The van der Waals surface area contributed by atoms with Crippen LogP contribution in [0.2, 0.25) is 5.02 Å². The molecule has 9 heteroatoms. The largest absolute Gasteiger partial charge is 0.490 e. The summed E-state index contributed by atoms with van der Waals surface area (Å²) in [5.74, 6) is -2.23. The van der Waals surface area contributed by atoms with Gasteiger partial charge >= 0.3 is 12.1 Å². The molecule has 1 aliphatic heterocycles. The number of carboxylic acid groups (broad SMARTS) is 1. The molecule has 0 spiro atoms. The minimum Gasteiger partial charge on any atom is -0.475 e. The molecule has 2 heterocycles. The van der Waals surface area contributed by atoms with Crippen molar-refractivity contribution in [3.05, 3.63) is 53.3 Å². The molecule has 34 heavy (non-hydrogen) atoms. The monoisotopic (exact) mass is 496 g/mol. The van der Waals surface area contributed by atoms with Crippen LogP contribution in [0.3, 0.4) is 0 Å². The van der Waals surface area contributed by atoms with Crippen LogP contribution in [-0.2, 0) is 9.59 Å². The highest BCUT2D eigenvalue weighted by atomic mass is 35.5. The van der Waals surface area contributed by atoms with Gasteiger partial charge in [-0.3, -0.25) is 9.78 Å². The van der Waals surface area contributed by atoms with Gasteiger partial charge in [-0.2, -0.15) is 13.2 Å². The zero-order chi connectivity index (χ0) is 24.9. The molecular weight excluding hydrogens is 469 g/mol. The Morgan fingerprint density at radius 3 is 2.38 bits per heavy atom. The van der Waals surface area contributed by atoms with Gasteiger partial charge in [-0.15, -0.1) is 0 Å². The molecule has 2 unspecified atom stereocenters. The third-order valence-corrected chi connectivity index (χ3v) is 6.96. The zero-order valence-corrected chi connectivity index (χ0v) is 19.6. The van der Waals surface area contributed by atoms with Gasteiger partial charge in [0, 0.05) is 41.5 Å². The number of aromatic nitrogens is 1. The molecule has 1 amide bonds. The van der Waals surface area contributed by atoms with Gasteiger partial charge in [-0.05, 0) is 48.4 Å². The molecular formula is C25H28ClF3N2O3. The number of carboxylic acids is 1. The highest BCUT2D eigenvalue weighted by molar-refractivity contribution is 6.31. The number of carbonyl (C=O) groups is 2. The first-order valence-electron chi connectivity index (χ1n) is 11.4. The quantitative estimate of drug-likeness (QED) is 0.537. The molecule has 1 N–H and O–H groups in total. The van der Waals surface area contributed by atoms with E-state index in [-0.39, 0.29) is 11.8 Å². The Balaban J connectivity index is 0.000000406. The van der Waals surface area contributed by atoms with Gasteiger partial charge in [-0.1, -0.05) is 56.0 Å². The number of amides is 1. The number of benzene rings is 1. The number of halogens is 4. The van der Waals surface area contributed by atoms with E-state index in [0.717, 1.165) is 34.7 Å². The average molecular weight is 497 g/mol. The predicted octanol–water partition coefficient (Wildman–Crippen LogP) is 6.32. The first-order valence-corrected chi connectivity index (χ1v) is 11.8. The van der Waals surface area contributed by atoms with Crippen molar-refractivity contribution in [3.8, 4) is 11.1 Å². The molecule has 1 saturated carbocycles. The molecule has 184 valence electrons. The summed E-state index contributed by atoms with van der Waals surface area (Å²) in [5.41, 5.74) is 3.19. The van der Waals surface area contributed by atoms with Crippen molar-refractivity contribution in [2.75, 3.05) is 6.54 Å². The van der Waals surface area contributed by atoms with Crippen LogP contribution >= 0.6 is 11.6 Å². The summed E-state index contributed by atoms with van der Waals surface area (Å²) in [7, 11) is 0. The molecule has 0 radical (unpaired) electrons. The minimum absolute atomic E-state index is 0.0497. The number of likely N-dealkylation sites (tertiary alicyclic amines) is 1. The molecule has 2 aliphatic rings. The van der Waals surface area contributed by atoms with Crippen LogP contribution in [-0.4, -0.2) is 45.6 Å². The van der Waals surface area contributed by atoms with E-state index >= 15 is 0 Å². The van der Waals surface area contributed by atoms with E-state index in [0.29, 0.717) is 11.9 Å². The average Bonchev–Trinajstić information content (AvgIpc) is 3.20. The van der Waals surface area contributed by atoms with Crippen LogP contribution in [0.25, 0.3) is 11.1 Å². The standard InChI is InChI=1S/C23H27ClN2O.C2HF3O2/c1-16(21-11-13-26(23(21)27)19-7-3-2-4-8-19)20-10-9-17(14-22(20)24)18-6-5-12-25-15-18;3-2(4,5)1(6)7/h5-6,9-10,12,14-16,19,21H,2-4,7-8,11,13H2,1H3;(H,6,7). The van der Waals surface area contributed by atoms with Crippen LogP contribution in [0.5, 0.6) is 0 Å². The first-order chi connectivity index (χ1) is 16.1. The molecule has 2 fully saturated rings. The third-order valence-electron chi connectivity index (χ3n) is 6.63. The lowest BCUT2D eigenvalue weighted by Gasteiger charge is -2.31. The summed E-state index contributed by atoms with van der Waals surface area (Å²) < 4.78 is 31.7. The number of hydrogen-bond donors (Lipinski definition) is 1. The topological polar surface area (TPSA) is 70.5 Å². The number of alkyl halides is 3. The van der Waals surface area contributed by atoms with Crippen molar-refractivity contribution in [2.45, 2.75) is 63.6 Å². The van der Waals surface area contributed by atoms with E-state index in [1.165, 1.54) is 32.1 Å². The Morgan fingerprint density at radius 1 is 1.15 bits per heavy atom. The van der Waals surface area contributed by atoms with Crippen molar-refractivity contribution in [3.63, 3.8) is 0 Å². The lowest BCUT2D eigenvalue weighted by atomic mass is 9.85. The SMILES string of the molecule is CC(c1ccc(-c2cccnc2)cc1Cl)C1CCN(C2CCCCC2)C1=O.O=C(O)C(F)(F)F. The van der Waals surface area contributed by atoms with Gasteiger partial charge in [0.2, 0.25) is 5.91 Å². The fourth-order valence-electron chi connectivity index (χ4n) is 4.77. The smallest absolute Gasteiger partial charge is 0.475 e. The molecule has 1 saturated heterocycles. The van der Waals surface area contributed by atoms with Gasteiger partial charge in [0.1, 0.15) is 0 Å². The summed E-state index contributed by atoms with van der Waals surface area (Å²) in [6.07, 6.45) is 5.66. The van der Waals surface area contributed by atoms with Gasteiger partial charge in [0.25, 0.3) is 0 Å². The van der Waals surface area contributed by atoms with Crippen molar-refractivity contribution >= 4 is 23.5 Å². The molecule has 4 rings (SSSR count). The first kappa shape index (κ1) is 26.0. The summed E-state index contributed by atoms with van der Waals surface area (Å²) in [6.45, 7) is 3.06. The van der Waals surface area contributed by atoms with E-state index in [1.807, 2.05) is 24.4 Å². The van der Waals surface area contributed by atoms with Crippen molar-refractivity contribution < 1.29 is 27.9 Å². The van der Waals surface area contributed by atoms with E-state index < -0.39 is 12.1 Å². The minimum atomic E-state index is -5.08. The molecule has 2 atom stereocenters. The van der Waals surface area contributed by atoms with Crippen molar-refractivity contribution in [2.24, 2.45) is 5.92 Å². The maximum Gasteiger partial charge on any atom is 0.490 e. The lowest BCUT2D eigenvalue weighted by molar-refractivity contribution is -0.192. The second kappa shape index (κ2) is 11.2. The molecule has 1 aliphatic carbocycles. The Labute approximate surface area is 201 Å². The van der Waals surface area contributed by atoms with Gasteiger partial charge in [0.05, 0.1) is 0 Å². The van der Waals surface area contributed by atoms with Crippen LogP contribution < -0.4 is 0 Å². The van der Waals surface area contributed by atoms with E-state index in [4.69, 9.17) is 21.5 Å². The van der Waals surface area contributed by atoms with Crippen LogP contribution in [0, 0.1) is 5.92 Å². The molecule has 0 bridgehead atoms. The van der Waals surface area contributed by atoms with Crippen LogP contribution in [0.4, 0.5) is 13.2 Å². The van der Waals surface area contributed by atoms with Crippen molar-refractivity contribution in [1.82, 2.24) is 9.88 Å². The zero-order valence-electron chi connectivity index (χ0n) is 18.9. The number of hydrogen-bond acceptors (Lipinski definition) is 3. The second-order valence-electron chi connectivity index (χ2n) is 8.79. The fourth-order valence-corrected chi connectivity index (χ4v) is 5.12. The fraction of sp³-hybridized carbons (Fsp3) is 0.480. The van der Waals surface area contributed by atoms with Crippen LogP contribution in [0.1, 0.15) is 56.9 Å². The van der Waals surface area contributed by atoms with Crippen molar-refractivity contribution in [1.29, 1.82) is 0 Å². The Hall–Kier alpha value is -2.61. The van der Waals surface area contributed by atoms with Gasteiger partial charge in [0.15, 0.2) is 0 Å². The number of aliphatic carboxylic acids is 1. The molecule has 2 aromatic rings. The van der Waals surface area contributed by atoms with E-state index in [2.05, 4.69) is 28.9 Å². The normalized spacial score (nSPS) is 20.0. The molecule has 5 nitrogen and oxygen atoms in total. The second-order valence-corrected chi connectivity index (χ2v) is 9.20. The lowest BCUT2D eigenvalue weighted by Crippen LogP contribution is -2.39. The van der Waals surface area contributed by atoms with E-state index in [1.54, 1.807) is 6.20 Å². The maximum atomic E-state index is 13.1. The van der Waals surface area contributed by atoms with Crippen LogP contribution in [0.15, 0.2) is 42.7 Å². The summed E-state index contributed by atoms with van der Waals surface area (Å²) >= 11 is 6.64. The molecule has 1 aromatic heterocycles. The Bertz CT molecular complexity index is 995. The summed E-state index contributed by atoms with van der Waals surface area (Å²) in [6, 6.07) is 10.6. The van der Waals surface area contributed by atoms with Gasteiger partial charge in [-0.25, -0.2) is 4.79 Å². The van der Waals surface area contributed by atoms with E-state index in [9.17, 15) is 18.0 Å².